The molecule has 0 aromatic carbocycles. The van der Waals surface area contributed by atoms with Crippen LogP contribution in [0.1, 0.15) is 26.2 Å². The molecule has 5 heteroatoms. The maximum absolute atomic E-state index is 12.1. The summed E-state index contributed by atoms with van der Waals surface area (Å²) in [5.74, 6) is 0.0554. The van der Waals surface area contributed by atoms with Crippen LogP contribution in [-0.2, 0) is 9.53 Å². The Morgan fingerprint density at radius 3 is 2.42 bits per heavy atom. The molecule has 2 N–H and O–H groups in total. The van der Waals surface area contributed by atoms with Crippen molar-refractivity contribution in [3.63, 3.8) is 0 Å². The summed E-state index contributed by atoms with van der Waals surface area (Å²) in [6.45, 7) is 4.80. The van der Waals surface area contributed by atoms with E-state index in [1.54, 1.807) is 0 Å². The van der Waals surface area contributed by atoms with E-state index >= 15 is 0 Å². The molecule has 19 heavy (non-hydrogen) atoms. The molecule has 0 amide bonds. The molecule has 0 aromatic heterocycles. The van der Waals surface area contributed by atoms with E-state index in [9.17, 15) is 4.79 Å². The Morgan fingerprint density at radius 2 is 1.95 bits per heavy atom. The number of likely N-dealkylation sites (N-methyl/N-ethyl adjacent to an activating group) is 1. The summed E-state index contributed by atoms with van der Waals surface area (Å²) in [5, 5.41) is 0. The average molecular weight is 271 g/mol. The number of carbonyl (C=O) groups excluding carboxylic acids is 1. The minimum absolute atomic E-state index is 0.239. The van der Waals surface area contributed by atoms with Gasteiger partial charge in [-0.2, -0.15) is 0 Å². The summed E-state index contributed by atoms with van der Waals surface area (Å²) in [6.07, 6.45) is 3.16. The lowest BCUT2D eigenvalue weighted by Crippen LogP contribution is -2.58. The second kappa shape index (κ2) is 7.22. The smallest absolute Gasteiger partial charge is 0.327 e. The van der Waals surface area contributed by atoms with Crippen LogP contribution >= 0.6 is 0 Å². The highest BCUT2D eigenvalue weighted by Gasteiger charge is 2.49. The van der Waals surface area contributed by atoms with Gasteiger partial charge in [0.15, 0.2) is 0 Å². The first-order chi connectivity index (χ1) is 8.90. The largest absolute Gasteiger partial charge is 0.465 e. The minimum Gasteiger partial charge on any atom is -0.465 e. The SMILES string of the molecule is CCOC(=O)C(N)(CN(C)CCCN(C)C)C1CC1. The van der Waals surface area contributed by atoms with Crippen molar-refractivity contribution in [2.24, 2.45) is 11.7 Å². The van der Waals surface area contributed by atoms with Crippen LogP contribution in [0.2, 0.25) is 0 Å². The average Bonchev–Trinajstić information content (AvgIpc) is 3.12. The minimum atomic E-state index is -0.817. The number of ether oxygens (including phenoxy) is 1. The molecule has 0 radical (unpaired) electrons. The van der Waals surface area contributed by atoms with Gasteiger partial charge in [-0.05, 0) is 66.3 Å². The Bertz CT molecular complexity index is 292. The molecule has 5 nitrogen and oxygen atoms in total. The van der Waals surface area contributed by atoms with Crippen LogP contribution in [0.25, 0.3) is 0 Å². The highest BCUT2D eigenvalue weighted by Crippen LogP contribution is 2.39. The van der Waals surface area contributed by atoms with Crippen molar-refractivity contribution < 1.29 is 9.53 Å². The van der Waals surface area contributed by atoms with Crippen molar-refractivity contribution in [1.82, 2.24) is 9.80 Å². The van der Waals surface area contributed by atoms with Gasteiger partial charge in [0.2, 0.25) is 0 Å². The summed E-state index contributed by atoms with van der Waals surface area (Å²) < 4.78 is 5.15. The molecule has 112 valence electrons. The predicted octanol–water partition coefficient (Wildman–Crippen LogP) is 0.541. The molecule has 1 fully saturated rings. The lowest BCUT2D eigenvalue weighted by Gasteiger charge is -2.31. The lowest BCUT2D eigenvalue weighted by atomic mass is 9.94. The van der Waals surface area contributed by atoms with E-state index in [0.29, 0.717) is 19.1 Å². The molecule has 0 bridgehead atoms. The Balaban J connectivity index is 2.46. The molecular formula is C14H29N3O2. The van der Waals surface area contributed by atoms with E-state index in [-0.39, 0.29) is 5.97 Å². The Hall–Kier alpha value is -0.650. The third kappa shape index (κ3) is 5.09. The van der Waals surface area contributed by atoms with E-state index in [1.165, 1.54) is 0 Å². The molecular weight excluding hydrogens is 242 g/mol. The molecule has 1 atom stereocenters. The lowest BCUT2D eigenvalue weighted by molar-refractivity contribution is -0.151. The van der Waals surface area contributed by atoms with Crippen LogP contribution in [-0.4, -0.2) is 68.7 Å². The zero-order valence-corrected chi connectivity index (χ0v) is 12.8. The molecule has 0 spiro atoms. The molecule has 0 saturated heterocycles. The van der Waals surface area contributed by atoms with E-state index in [4.69, 9.17) is 10.5 Å². The molecule has 1 aliphatic carbocycles. The van der Waals surface area contributed by atoms with Gasteiger partial charge in [-0.3, -0.25) is 0 Å². The Labute approximate surface area is 117 Å². The number of rotatable bonds is 9. The molecule has 1 saturated carbocycles. The third-order valence-electron chi connectivity index (χ3n) is 3.64. The summed E-state index contributed by atoms with van der Waals surface area (Å²) in [6, 6.07) is 0. The van der Waals surface area contributed by atoms with Crippen LogP contribution in [0, 0.1) is 5.92 Å². The third-order valence-corrected chi connectivity index (χ3v) is 3.64. The van der Waals surface area contributed by atoms with E-state index in [1.807, 2.05) is 14.0 Å². The number of esters is 1. The van der Waals surface area contributed by atoms with Crippen LogP contribution in [0.5, 0.6) is 0 Å². The first kappa shape index (κ1) is 16.4. The first-order valence-corrected chi connectivity index (χ1v) is 7.19. The van der Waals surface area contributed by atoms with Gasteiger partial charge in [0.05, 0.1) is 6.61 Å². The van der Waals surface area contributed by atoms with Gasteiger partial charge < -0.3 is 20.3 Å². The van der Waals surface area contributed by atoms with Gasteiger partial charge in [0, 0.05) is 6.54 Å². The standard InChI is InChI=1S/C14H29N3O2/c1-5-19-13(18)14(15,12-7-8-12)11-17(4)10-6-9-16(2)3/h12H,5-11,15H2,1-4H3. The highest BCUT2D eigenvalue weighted by molar-refractivity contribution is 5.82. The quantitative estimate of drug-likeness (QED) is 0.620. The van der Waals surface area contributed by atoms with Crippen LogP contribution in [0.15, 0.2) is 0 Å². The van der Waals surface area contributed by atoms with Crippen LogP contribution < -0.4 is 5.73 Å². The van der Waals surface area contributed by atoms with Gasteiger partial charge in [-0.15, -0.1) is 0 Å². The second-order valence-electron chi connectivity index (χ2n) is 5.93. The predicted molar refractivity (Wildman–Crippen MR) is 76.9 cm³/mol. The van der Waals surface area contributed by atoms with E-state index < -0.39 is 5.54 Å². The molecule has 1 unspecified atom stereocenters. The van der Waals surface area contributed by atoms with E-state index in [0.717, 1.165) is 32.4 Å². The fraction of sp³-hybridized carbons (Fsp3) is 0.929. The van der Waals surface area contributed by atoms with Gasteiger partial charge in [0.25, 0.3) is 0 Å². The van der Waals surface area contributed by atoms with Crippen LogP contribution in [0.3, 0.4) is 0 Å². The highest BCUT2D eigenvalue weighted by atomic mass is 16.5. The number of nitrogens with zero attached hydrogens (tertiary/aromatic N) is 2. The zero-order valence-electron chi connectivity index (χ0n) is 12.8. The molecule has 1 aliphatic rings. The fourth-order valence-corrected chi connectivity index (χ4v) is 2.41. The van der Waals surface area contributed by atoms with Crippen molar-refractivity contribution in [2.45, 2.75) is 31.7 Å². The van der Waals surface area contributed by atoms with Crippen LogP contribution in [0.4, 0.5) is 0 Å². The topological polar surface area (TPSA) is 58.8 Å². The van der Waals surface area contributed by atoms with E-state index in [2.05, 4.69) is 23.9 Å². The summed E-state index contributed by atoms with van der Waals surface area (Å²) in [4.78, 5) is 16.4. The second-order valence-corrected chi connectivity index (χ2v) is 5.93. The summed E-state index contributed by atoms with van der Waals surface area (Å²) in [7, 11) is 6.16. The van der Waals surface area contributed by atoms with Crippen molar-refractivity contribution in [3.8, 4) is 0 Å². The number of hydrogen-bond acceptors (Lipinski definition) is 5. The monoisotopic (exact) mass is 271 g/mol. The summed E-state index contributed by atoms with van der Waals surface area (Å²) >= 11 is 0. The first-order valence-electron chi connectivity index (χ1n) is 7.19. The molecule has 0 aromatic rings. The molecule has 0 aliphatic heterocycles. The molecule has 1 rings (SSSR count). The van der Waals surface area contributed by atoms with Crippen molar-refractivity contribution in [3.05, 3.63) is 0 Å². The number of nitrogens with two attached hydrogens (primary N) is 1. The Kier molecular flexibility index (Phi) is 6.23. The van der Waals surface area contributed by atoms with Crippen molar-refractivity contribution in [2.75, 3.05) is 47.4 Å². The van der Waals surface area contributed by atoms with Gasteiger partial charge in [0.1, 0.15) is 5.54 Å². The number of hydrogen-bond donors (Lipinski definition) is 1. The van der Waals surface area contributed by atoms with Gasteiger partial charge in [-0.1, -0.05) is 0 Å². The zero-order chi connectivity index (χ0) is 14.5. The van der Waals surface area contributed by atoms with Gasteiger partial charge >= 0.3 is 5.97 Å². The van der Waals surface area contributed by atoms with Gasteiger partial charge in [-0.25, -0.2) is 4.79 Å². The van der Waals surface area contributed by atoms with Crippen molar-refractivity contribution >= 4 is 5.97 Å². The summed E-state index contributed by atoms with van der Waals surface area (Å²) in [5.41, 5.74) is 5.52. The molecule has 0 heterocycles. The Morgan fingerprint density at radius 1 is 1.32 bits per heavy atom. The van der Waals surface area contributed by atoms with Crippen molar-refractivity contribution in [1.29, 1.82) is 0 Å². The normalized spacial score (nSPS) is 18.7. The maximum atomic E-state index is 12.1. The fourth-order valence-electron chi connectivity index (χ4n) is 2.41. The number of carbonyl (C=O) groups is 1. The maximum Gasteiger partial charge on any atom is 0.327 e.